The zero-order valence-corrected chi connectivity index (χ0v) is 51.5. The van der Waals surface area contributed by atoms with Crippen molar-refractivity contribution < 1.29 is 52.4 Å². The van der Waals surface area contributed by atoms with Crippen molar-refractivity contribution >= 4 is 41.1 Å². The van der Waals surface area contributed by atoms with Gasteiger partial charge in [0.25, 0.3) is 0 Å². The van der Waals surface area contributed by atoms with Crippen LogP contribution in [0, 0.1) is 0 Å². The van der Waals surface area contributed by atoms with Gasteiger partial charge in [0.2, 0.25) is 0 Å². The molecule has 0 bridgehead atoms. The smallest absolute Gasteiger partial charge is 0.125 e. The number of benzene rings is 2. The first kappa shape index (κ1) is 73.4. The van der Waals surface area contributed by atoms with Crippen LogP contribution in [0.4, 0.5) is 0 Å². The van der Waals surface area contributed by atoms with E-state index in [1.165, 1.54) is 246 Å². The van der Waals surface area contributed by atoms with E-state index < -0.39 is 45.0 Å². The number of hydrogen-bond donors (Lipinski definition) is 0. The fourth-order valence-electron chi connectivity index (χ4n) is 9.73. The summed E-state index contributed by atoms with van der Waals surface area (Å²) in [5.41, 5.74) is 0. The topological polar surface area (TPSA) is 172 Å². The summed E-state index contributed by atoms with van der Waals surface area (Å²) in [7, 11) is -15.1. The van der Waals surface area contributed by atoms with Gasteiger partial charge in [0, 0.05) is 0 Å². The van der Waals surface area contributed by atoms with Gasteiger partial charge in [-0.25, -0.2) is 25.3 Å². The number of rotatable bonds is 39. The van der Waals surface area contributed by atoms with E-state index in [2.05, 4.69) is 83.1 Å². The average Bonchev–Trinajstić information content (AvgIpc) is 3.36. The molecule has 12 nitrogen and oxygen atoms in total. The van der Waals surface area contributed by atoms with Gasteiger partial charge >= 0.3 is 0 Å². The molecular formula is C58H113N3O9S3. The quantitative estimate of drug-likeness (QED) is 0.0467. The van der Waals surface area contributed by atoms with Gasteiger partial charge in [0.05, 0.1) is 93.2 Å². The molecule has 0 aliphatic heterocycles. The SMILES string of the molecule is CCCC[N+](CCCC)(CCCC)CCCC.CCCC[N+](CCCC)(CCCC)CCCC.CCCC[N+](CCCC)(CCCC)CCCC.O=S(=O)([O-])c1ccc2c(S(=O)(=O)[O-])cc(S(=O)(=O)[O-])cc2c1. The van der Waals surface area contributed by atoms with Crippen molar-refractivity contribution in [1.29, 1.82) is 0 Å². The van der Waals surface area contributed by atoms with Gasteiger partial charge in [0.15, 0.2) is 0 Å². The van der Waals surface area contributed by atoms with Gasteiger partial charge < -0.3 is 27.1 Å². The van der Waals surface area contributed by atoms with Crippen molar-refractivity contribution in [3.05, 3.63) is 30.3 Å². The van der Waals surface area contributed by atoms with E-state index >= 15 is 0 Å². The van der Waals surface area contributed by atoms with Crippen LogP contribution in [0.25, 0.3) is 10.8 Å². The second kappa shape index (κ2) is 41.4. The predicted molar refractivity (Wildman–Crippen MR) is 306 cm³/mol. The molecule has 0 N–H and O–H groups in total. The molecule has 0 saturated carbocycles. The Morgan fingerprint density at radius 3 is 0.685 bits per heavy atom. The Hall–Kier alpha value is -1.69. The van der Waals surface area contributed by atoms with E-state index in [0.717, 1.165) is 12.1 Å². The van der Waals surface area contributed by atoms with Crippen LogP contribution in [0.5, 0.6) is 0 Å². The summed E-state index contributed by atoms with van der Waals surface area (Å²) in [6, 6.07) is 3.39. The van der Waals surface area contributed by atoms with E-state index in [9.17, 15) is 38.9 Å². The Labute approximate surface area is 451 Å². The van der Waals surface area contributed by atoms with Gasteiger partial charge in [0.1, 0.15) is 30.4 Å². The van der Waals surface area contributed by atoms with Crippen molar-refractivity contribution in [3.8, 4) is 0 Å². The maximum absolute atomic E-state index is 11.2. The lowest BCUT2D eigenvalue weighted by Crippen LogP contribution is -2.50. The molecule has 0 aromatic heterocycles. The van der Waals surface area contributed by atoms with E-state index in [4.69, 9.17) is 0 Å². The molecule has 0 spiro atoms. The predicted octanol–water partition coefficient (Wildman–Crippen LogP) is 14.6. The first-order chi connectivity index (χ1) is 34.5. The van der Waals surface area contributed by atoms with Crippen LogP contribution in [-0.2, 0) is 30.4 Å². The maximum Gasteiger partial charge on any atom is 0.125 e. The van der Waals surface area contributed by atoms with E-state index in [1.807, 2.05) is 0 Å². The highest BCUT2D eigenvalue weighted by atomic mass is 32.2. The molecule has 73 heavy (non-hydrogen) atoms. The largest absolute Gasteiger partial charge is 0.744 e. The fraction of sp³-hybridized carbons (Fsp3) is 0.828. The van der Waals surface area contributed by atoms with Crippen LogP contribution >= 0.6 is 0 Å². The number of quaternary nitrogens is 3. The zero-order valence-electron chi connectivity index (χ0n) is 49.1. The van der Waals surface area contributed by atoms with Crippen LogP contribution in [-0.4, -0.2) is 131 Å². The van der Waals surface area contributed by atoms with Crippen LogP contribution in [0.3, 0.4) is 0 Å². The van der Waals surface area contributed by atoms with Gasteiger partial charge in [-0.15, -0.1) is 0 Å². The van der Waals surface area contributed by atoms with Crippen LogP contribution in [0.1, 0.15) is 237 Å². The molecule has 0 radical (unpaired) electrons. The Morgan fingerprint density at radius 1 is 0.301 bits per heavy atom. The molecule has 2 aromatic carbocycles. The molecule has 0 fully saturated rings. The van der Waals surface area contributed by atoms with Crippen LogP contribution in [0.15, 0.2) is 45.0 Å². The summed E-state index contributed by atoms with van der Waals surface area (Å²) in [5, 5.41) is -0.668. The summed E-state index contributed by atoms with van der Waals surface area (Å²) >= 11 is 0. The molecule has 0 aliphatic rings. The summed E-state index contributed by atoms with van der Waals surface area (Å²) in [6.45, 7) is 45.1. The number of hydrogen-bond acceptors (Lipinski definition) is 9. The number of fused-ring (bicyclic) bond motifs is 1. The minimum absolute atomic E-state index is 0.310. The lowest BCUT2D eigenvalue weighted by atomic mass is 10.1. The van der Waals surface area contributed by atoms with Crippen molar-refractivity contribution in [1.82, 2.24) is 0 Å². The van der Waals surface area contributed by atoms with Crippen molar-refractivity contribution in [2.45, 2.75) is 252 Å². The maximum atomic E-state index is 11.2. The normalized spacial score (nSPS) is 12.4. The third-order valence-electron chi connectivity index (χ3n) is 14.5. The first-order valence-corrected chi connectivity index (χ1v) is 33.8. The van der Waals surface area contributed by atoms with Crippen LogP contribution < -0.4 is 0 Å². The Morgan fingerprint density at radius 2 is 0.507 bits per heavy atom. The Bertz CT molecular complexity index is 1810. The lowest BCUT2D eigenvalue weighted by molar-refractivity contribution is -0.929. The summed E-state index contributed by atoms with van der Waals surface area (Å²) in [4.78, 5) is -2.81. The zero-order chi connectivity index (χ0) is 55.9. The number of unbranched alkanes of at least 4 members (excludes halogenated alkanes) is 12. The summed E-state index contributed by atoms with van der Waals surface area (Å²) in [5.74, 6) is 0. The third kappa shape index (κ3) is 32.0. The van der Waals surface area contributed by atoms with Gasteiger partial charge in [-0.1, -0.05) is 166 Å². The molecule has 0 atom stereocenters. The molecule has 0 heterocycles. The molecule has 0 amide bonds. The van der Waals surface area contributed by atoms with Gasteiger partial charge in [-0.3, -0.25) is 0 Å². The molecule has 432 valence electrons. The average molecular weight is 1090 g/mol. The molecule has 0 saturated heterocycles. The molecular weight excluding hydrogens is 979 g/mol. The second-order valence-corrected chi connectivity index (χ2v) is 25.2. The van der Waals surface area contributed by atoms with Gasteiger partial charge in [-0.2, -0.15) is 0 Å². The molecule has 0 aliphatic carbocycles. The fourth-order valence-corrected chi connectivity index (χ4v) is 11.6. The van der Waals surface area contributed by atoms with E-state index in [-0.39, 0.29) is 10.8 Å². The molecule has 0 unspecified atom stereocenters. The standard InChI is InChI=1S/3C16H36N.C10H8O9S3/c3*1-5-9-13-17(14-10-6-2,15-11-7-3)16-12-8-4;11-20(12,13)7-1-2-9-6(3-7)4-8(21(14,15)16)5-10(9)22(17,18)19/h3*5-16H2,1-4H3;1-5H,(H,11,12,13)(H,14,15,16)(H,17,18,19)/q3*+1;/p-3. The Balaban J connectivity index is 0. The number of nitrogens with zero attached hydrogens (tertiary/aromatic N) is 3. The second-order valence-electron chi connectivity index (χ2n) is 21.1. The van der Waals surface area contributed by atoms with Crippen LogP contribution in [0.2, 0.25) is 0 Å². The van der Waals surface area contributed by atoms with Crippen molar-refractivity contribution in [2.24, 2.45) is 0 Å². The monoisotopic (exact) mass is 1090 g/mol. The summed E-state index contributed by atoms with van der Waals surface area (Å²) in [6.07, 6.45) is 33.2. The van der Waals surface area contributed by atoms with Crippen molar-refractivity contribution in [3.63, 3.8) is 0 Å². The third-order valence-corrected chi connectivity index (χ3v) is 17.1. The highest BCUT2D eigenvalue weighted by Gasteiger charge is 2.27. The molecule has 2 rings (SSSR count). The molecule has 2 aromatic rings. The van der Waals surface area contributed by atoms with Gasteiger partial charge in [-0.05, 0) is 112 Å². The summed E-state index contributed by atoms with van der Waals surface area (Å²) < 4.78 is 104. The molecule has 15 heteroatoms. The van der Waals surface area contributed by atoms with Crippen molar-refractivity contribution in [2.75, 3.05) is 78.5 Å². The van der Waals surface area contributed by atoms with E-state index in [1.54, 1.807) is 0 Å². The minimum atomic E-state index is -5.14. The minimum Gasteiger partial charge on any atom is -0.744 e. The first-order valence-electron chi connectivity index (χ1n) is 29.5. The lowest BCUT2D eigenvalue weighted by Gasteiger charge is -2.39. The highest BCUT2D eigenvalue weighted by molar-refractivity contribution is 7.87. The van der Waals surface area contributed by atoms with E-state index in [0.29, 0.717) is 18.2 Å². The Kier molecular flexibility index (Phi) is 41.6. The highest BCUT2D eigenvalue weighted by Crippen LogP contribution is 2.29.